The summed E-state index contributed by atoms with van der Waals surface area (Å²) in [6.07, 6.45) is -4.12. The smallest absolute Gasteiger partial charge is 0.416 e. The molecule has 2 rings (SSSR count). The first-order valence-electron chi connectivity index (χ1n) is 8.78. The molecule has 1 fully saturated rings. The minimum Gasteiger partial charge on any atom is -0.490 e. The molecule has 0 radical (unpaired) electrons. The van der Waals surface area contributed by atoms with Crippen molar-refractivity contribution in [3.05, 3.63) is 29.3 Å². The van der Waals surface area contributed by atoms with Gasteiger partial charge in [-0.3, -0.25) is 0 Å². The Morgan fingerprint density at radius 1 is 1.22 bits per heavy atom. The van der Waals surface area contributed by atoms with Crippen LogP contribution in [0.4, 0.5) is 18.0 Å². The summed E-state index contributed by atoms with van der Waals surface area (Å²) in [5, 5.41) is 0. The van der Waals surface area contributed by atoms with Crippen molar-refractivity contribution >= 4 is 12.4 Å². The fourth-order valence-corrected chi connectivity index (χ4v) is 2.84. The molecule has 1 aromatic carbocycles. The largest absolute Gasteiger partial charge is 0.490 e. The zero-order chi connectivity index (χ0) is 20.2. The van der Waals surface area contributed by atoms with Crippen LogP contribution < -0.4 is 4.74 Å². The van der Waals surface area contributed by atoms with Gasteiger partial charge in [0.25, 0.3) is 0 Å². The molecule has 27 heavy (non-hydrogen) atoms. The fourth-order valence-electron chi connectivity index (χ4n) is 2.84. The van der Waals surface area contributed by atoms with Gasteiger partial charge in [-0.15, -0.1) is 0 Å². The van der Waals surface area contributed by atoms with Crippen LogP contribution in [0.5, 0.6) is 5.75 Å². The predicted octanol–water partition coefficient (Wildman–Crippen LogP) is 4.23. The quantitative estimate of drug-likeness (QED) is 0.726. The number of ether oxygens (including phenoxy) is 2. The summed E-state index contributed by atoms with van der Waals surface area (Å²) in [6, 6.07) is 3.63. The van der Waals surface area contributed by atoms with Crippen molar-refractivity contribution in [1.82, 2.24) is 4.90 Å². The van der Waals surface area contributed by atoms with Gasteiger partial charge in [0.05, 0.1) is 5.56 Å². The fraction of sp³-hybridized carbons (Fsp3) is 0.579. The van der Waals surface area contributed by atoms with Gasteiger partial charge in [-0.05, 0) is 38.5 Å². The zero-order valence-corrected chi connectivity index (χ0v) is 15.6. The molecule has 1 aliphatic rings. The monoisotopic (exact) mass is 387 g/mol. The molecule has 8 heteroatoms. The van der Waals surface area contributed by atoms with Crippen LogP contribution in [-0.4, -0.2) is 42.1 Å². The summed E-state index contributed by atoms with van der Waals surface area (Å²) in [6.45, 7) is 6.18. The number of carbonyl (C=O) groups excluding carboxylic acids is 2. The third-order valence-electron chi connectivity index (χ3n) is 4.09. The van der Waals surface area contributed by atoms with Crippen LogP contribution in [-0.2, 0) is 22.1 Å². The molecule has 1 heterocycles. The second kappa shape index (κ2) is 8.19. The number of piperidine rings is 1. The van der Waals surface area contributed by atoms with E-state index < -0.39 is 23.4 Å². The number of aldehydes is 1. The van der Waals surface area contributed by atoms with Crippen molar-refractivity contribution < 1.29 is 32.2 Å². The first-order valence-corrected chi connectivity index (χ1v) is 8.78. The topological polar surface area (TPSA) is 55.8 Å². The van der Waals surface area contributed by atoms with Gasteiger partial charge in [0.15, 0.2) is 0 Å². The lowest BCUT2D eigenvalue weighted by atomic mass is 10.0. The molecule has 0 aromatic heterocycles. The Hall–Kier alpha value is -2.25. The van der Waals surface area contributed by atoms with Gasteiger partial charge in [-0.1, -0.05) is 6.07 Å². The Morgan fingerprint density at radius 3 is 2.37 bits per heavy atom. The molecule has 0 unspecified atom stereocenters. The van der Waals surface area contributed by atoms with Crippen molar-refractivity contribution in [2.45, 2.75) is 57.9 Å². The molecule has 0 spiro atoms. The number of amides is 1. The number of nitrogens with zero attached hydrogens (tertiary/aromatic N) is 1. The van der Waals surface area contributed by atoms with Gasteiger partial charge >= 0.3 is 12.3 Å². The van der Waals surface area contributed by atoms with Crippen LogP contribution in [0, 0.1) is 0 Å². The van der Waals surface area contributed by atoms with E-state index in [9.17, 15) is 22.8 Å². The Bertz CT molecular complexity index is 675. The van der Waals surface area contributed by atoms with Crippen LogP contribution in [0.1, 0.15) is 44.7 Å². The highest BCUT2D eigenvalue weighted by atomic mass is 19.4. The molecule has 5 nitrogen and oxygen atoms in total. The molecular formula is C19H24F3NO4. The van der Waals surface area contributed by atoms with Gasteiger partial charge < -0.3 is 19.2 Å². The maximum atomic E-state index is 13.2. The molecule has 1 aliphatic heterocycles. The number of alkyl halides is 3. The van der Waals surface area contributed by atoms with E-state index in [2.05, 4.69) is 0 Å². The molecular weight excluding hydrogens is 363 g/mol. The van der Waals surface area contributed by atoms with Crippen LogP contribution in [0.3, 0.4) is 0 Å². The molecule has 150 valence electrons. The number of carbonyl (C=O) groups is 2. The lowest BCUT2D eigenvalue weighted by Gasteiger charge is -2.33. The van der Waals surface area contributed by atoms with Crippen molar-refractivity contribution in [2.75, 3.05) is 13.1 Å². The van der Waals surface area contributed by atoms with Crippen LogP contribution in [0.15, 0.2) is 18.2 Å². The minimum atomic E-state index is -4.56. The third kappa shape index (κ3) is 6.15. The van der Waals surface area contributed by atoms with Gasteiger partial charge in [-0.25, -0.2) is 4.79 Å². The molecule has 1 aromatic rings. The van der Waals surface area contributed by atoms with Crippen LogP contribution in [0.2, 0.25) is 0 Å². The van der Waals surface area contributed by atoms with Crippen molar-refractivity contribution in [1.29, 1.82) is 0 Å². The van der Waals surface area contributed by atoms with E-state index in [4.69, 9.17) is 9.47 Å². The first-order chi connectivity index (χ1) is 12.5. The van der Waals surface area contributed by atoms with E-state index >= 15 is 0 Å². The third-order valence-corrected chi connectivity index (χ3v) is 4.09. The normalized spacial score (nSPS) is 16.1. The SMILES string of the molecule is CC(C)(C)OC(=O)N1CCC(Oc2ccc(CC=O)c(C(F)(F)F)c2)CC1. The standard InChI is InChI=1S/C19H24F3NO4/c1-18(2,3)27-17(25)23-9-6-14(7-10-23)26-15-5-4-13(8-11-24)16(12-15)19(20,21)22/h4-5,11-12,14H,6-10H2,1-3H3. The van der Waals surface area contributed by atoms with Crippen molar-refractivity contribution in [3.8, 4) is 5.75 Å². The molecule has 0 aliphatic carbocycles. The van der Waals surface area contributed by atoms with Gasteiger partial charge in [0.2, 0.25) is 0 Å². The second-order valence-corrected chi connectivity index (χ2v) is 7.47. The summed E-state index contributed by atoms with van der Waals surface area (Å²) in [5.74, 6) is 0.104. The molecule has 1 amide bonds. The number of halogens is 3. The highest BCUT2D eigenvalue weighted by Gasteiger charge is 2.34. The van der Waals surface area contributed by atoms with Crippen LogP contribution >= 0.6 is 0 Å². The molecule has 0 atom stereocenters. The highest BCUT2D eigenvalue weighted by molar-refractivity contribution is 5.68. The van der Waals surface area contributed by atoms with Crippen molar-refractivity contribution in [3.63, 3.8) is 0 Å². The number of hydrogen-bond acceptors (Lipinski definition) is 4. The lowest BCUT2D eigenvalue weighted by molar-refractivity contribution is -0.138. The number of benzene rings is 1. The minimum absolute atomic E-state index is 0.0791. The number of likely N-dealkylation sites (tertiary alicyclic amines) is 1. The number of hydrogen-bond donors (Lipinski definition) is 0. The van der Waals surface area contributed by atoms with Gasteiger partial charge in [-0.2, -0.15) is 13.2 Å². The Labute approximate surface area is 156 Å². The highest BCUT2D eigenvalue weighted by Crippen LogP contribution is 2.35. The first kappa shape index (κ1) is 21.1. The van der Waals surface area contributed by atoms with E-state index in [0.717, 1.165) is 6.07 Å². The van der Waals surface area contributed by atoms with E-state index in [-0.39, 0.29) is 23.8 Å². The average Bonchev–Trinajstić information content (AvgIpc) is 2.54. The Morgan fingerprint density at radius 2 is 1.85 bits per heavy atom. The van der Waals surface area contributed by atoms with E-state index in [1.165, 1.54) is 12.1 Å². The van der Waals surface area contributed by atoms with Gasteiger partial charge in [0, 0.05) is 32.4 Å². The summed E-state index contributed by atoms with van der Waals surface area (Å²) < 4.78 is 50.5. The Balaban J connectivity index is 1.99. The number of rotatable bonds is 4. The summed E-state index contributed by atoms with van der Waals surface area (Å²) in [4.78, 5) is 24.2. The summed E-state index contributed by atoms with van der Waals surface area (Å²) >= 11 is 0. The predicted molar refractivity (Wildman–Crippen MR) is 92.7 cm³/mol. The van der Waals surface area contributed by atoms with E-state index in [0.29, 0.717) is 32.2 Å². The second-order valence-electron chi connectivity index (χ2n) is 7.47. The summed E-state index contributed by atoms with van der Waals surface area (Å²) in [5.41, 5.74) is -1.52. The van der Waals surface area contributed by atoms with E-state index in [1.54, 1.807) is 25.7 Å². The van der Waals surface area contributed by atoms with Crippen LogP contribution in [0.25, 0.3) is 0 Å². The lowest BCUT2D eigenvalue weighted by Crippen LogP contribution is -2.44. The molecule has 1 saturated heterocycles. The Kier molecular flexibility index (Phi) is 6.38. The molecule has 0 bridgehead atoms. The van der Waals surface area contributed by atoms with E-state index in [1.807, 2.05) is 0 Å². The van der Waals surface area contributed by atoms with Crippen molar-refractivity contribution in [2.24, 2.45) is 0 Å². The molecule has 0 N–H and O–H groups in total. The zero-order valence-electron chi connectivity index (χ0n) is 15.6. The molecule has 0 saturated carbocycles. The summed E-state index contributed by atoms with van der Waals surface area (Å²) in [7, 11) is 0. The maximum Gasteiger partial charge on any atom is 0.416 e. The van der Waals surface area contributed by atoms with Gasteiger partial charge in [0.1, 0.15) is 23.7 Å². The maximum absolute atomic E-state index is 13.2. The average molecular weight is 387 g/mol.